The molecule has 0 spiro atoms. The fraction of sp³-hybridized carbons (Fsp3) is 0.474. The van der Waals surface area contributed by atoms with Gasteiger partial charge in [-0.05, 0) is 45.9 Å². The summed E-state index contributed by atoms with van der Waals surface area (Å²) in [5.41, 5.74) is 0.157. The molecule has 1 aromatic carbocycles. The summed E-state index contributed by atoms with van der Waals surface area (Å²) in [5, 5.41) is 0.676. The van der Waals surface area contributed by atoms with E-state index in [0.29, 0.717) is 15.9 Å². The normalized spacial score (nSPS) is 12.3. The number of rotatable bonds is 8. The van der Waals surface area contributed by atoms with Gasteiger partial charge in [-0.1, -0.05) is 18.5 Å². The third-order valence-electron chi connectivity index (χ3n) is 3.73. The van der Waals surface area contributed by atoms with Crippen LogP contribution in [0.5, 0.6) is 0 Å². The number of nitrogens with zero attached hydrogens (tertiary/aromatic N) is 1. The van der Waals surface area contributed by atoms with E-state index in [0.717, 1.165) is 0 Å². The predicted octanol–water partition coefficient (Wildman–Crippen LogP) is 5.25. The molecule has 27 heavy (non-hydrogen) atoms. The van der Waals surface area contributed by atoms with Crippen molar-refractivity contribution in [1.82, 2.24) is 4.57 Å². The van der Waals surface area contributed by atoms with Crippen molar-refractivity contribution in [3.05, 3.63) is 45.2 Å². The molecule has 1 aromatic heterocycles. The fourth-order valence-electron chi connectivity index (χ4n) is 2.80. The van der Waals surface area contributed by atoms with Crippen molar-refractivity contribution >= 4 is 35.9 Å². The zero-order valence-electron chi connectivity index (χ0n) is 16.2. The molecule has 0 N–H and O–H groups in total. The third-order valence-corrected chi connectivity index (χ3v) is 6.10. The Morgan fingerprint density at radius 3 is 2.30 bits per heavy atom. The van der Waals surface area contributed by atoms with E-state index < -0.39 is 7.60 Å². The summed E-state index contributed by atoms with van der Waals surface area (Å²) >= 11 is 6.04. The second kappa shape index (κ2) is 8.70. The van der Waals surface area contributed by atoms with Gasteiger partial charge in [-0.3, -0.25) is 14.2 Å². The molecule has 148 valence electrons. The molecule has 0 aliphatic heterocycles. The van der Waals surface area contributed by atoms with Crippen LogP contribution in [-0.4, -0.2) is 22.6 Å². The number of halogens is 1. The fourth-order valence-corrected chi connectivity index (χ4v) is 5.04. The molecule has 0 atom stereocenters. The Morgan fingerprint density at radius 1 is 1.19 bits per heavy atom. The summed E-state index contributed by atoms with van der Waals surface area (Å²) < 4.78 is 26.1. The molecular formula is C19H25ClNO5P. The summed E-state index contributed by atoms with van der Waals surface area (Å²) in [7, 11) is -3.53. The first-order valence-electron chi connectivity index (χ1n) is 8.88. The number of fused-ring (bicyclic) bond motifs is 1. The number of ketones is 1. The van der Waals surface area contributed by atoms with Crippen LogP contribution in [0.25, 0.3) is 10.9 Å². The monoisotopic (exact) mass is 413 g/mol. The van der Waals surface area contributed by atoms with Gasteiger partial charge in [-0.15, -0.1) is 0 Å². The second-order valence-electron chi connectivity index (χ2n) is 6.84. The van der Waals surface area contributed by atoms with Gasteiger partial charge in [0.1, 0.15) is 6.29 Å². The van der Waals surface area contributed by atoms with Crippen LogP contribution < -0.4 is 5.43 Å². The molecule has 2 aromatic rings. The SMILES string of the molecule is CCC(=O)c1cn(CP(=O)(OC(C)C)OC(C)C)c2ccc(Cl)cc2c1=O. The molecule has 0 radical (unpaired) electrons. The summed E-state index contributed by atoms with van der Waals surface area (Å²) in [4.78, 5) is 25.0. The molecule has 0 aliphatic rings. The highest BCUT2D eigenvalue weighted by molar-refractivity contribution is 7.52. The van der Waals surface area contributed by atoms with E-state index in [1.807, 2.05) is 0 Å². The Labute approximate surface area is 164 Å². The van der Waals surface area contributed by atoms with E-state index in [1.54, 1.807) is 51.3 Å². The van der Waals surface area contributed by atoms with Gasteiger partial charge in [0.05, 0.1) is 23.3 Å². The number of benzene rings is 1. The summed E-state index contributed by atoms with van der Waals surface area (Å²) in [6.07, 6.45) is 0.873. The van der Waals surface area contributed by atoms with E-state index in [-0.39, 0.29) is 41.7 Å². The van der Waals surface area contributed by atoms with Crippen molar-refractivity contribution in [1.29, 1.82) is 0 Å². The lowest BCUT2D eigenvalue weighted by Crippen LogP contribution is -2.20. The molecule has 0 bridgehead atoms. The number of carbonyl (C=O) groups is 1. The zero-order chi connectivity index (χ0) is 20.4. The molecular weight excluding hydrogens is 389 g/mol. The second-order valence-corrected chi connectivity index (χ2v) is 9.20. The first kappa shape index (κ1) is 21.8. The van der Waals surface area contributed by atoms with Crippen LogP contribution in [0.15, 0.2) is 29.2 Å². The zero-order valence-corrected chi connectivity index (χ0v) is 17.8. The Morgan fingerprint density at radius 2 is 1.78 bits per heavy atom. The molecule has 0 saturated carbocycles. The van der Waals surface area contributed by atoms with E-state index in [9.17, 15) is 14.2 Å². The molecule has 0 fully saturated rings. The van der Waals surface area contributed by atoms with Crippen LogP contribution in [0.1, 0.15) is 51.4 Å². The van der Waals surface area contributed by atoms with E-state index in [2.05, 4.69) is 0 Å². The van der Waals surface area contributed by atoms with E-state index in [1.165, 1.54) is 12.3 Å². The number of hydrogen-bond donors (Lipinski definition) is 0. The number of pyridine rings is 1. The Bertz CT molecular complexity index is 937. The first-order valence-corrected chi connectivity index (χ1v) is 11.0. The number of carbonyl (C=O) groups excluding carboxylic acids is 1. The minimum absolute atomic E-state index is 0.0351. The molecule has 0 amide bonds. The van der Waals surface area contributed by atoms with Crippen LogP contribution in [-0.2, 0) is 19.9 Å². The van der Waals surface area contributed by atoms with Gasteiger partial charge in [0.25, 0.3) is 0 Å². The highest BCUT2D eigenvalue weighted by Crippen LogP contribution is 2.52. The number of Topliss-reactive ketones (excluding diaryl/α,β-unsaturated/α-hetero) is 1. The molecule has 6 nitrogen and oxygen atoms in total. The van der Waals surface area contributed by atoms with E-state index in [4.69, 9.17) is 20.6 Å². The van der Waals surface area contributed by atoms with Crippen LogP contribution >= 0.6 is 19.2 Å². The number of aromatic nitrogens is 1. The van der Waals surface area contributed by atoms with Crippen LogP contribution in [0.4, 0.5) is 0 Å². The maximum atomic E-state index is 13.3. The molecule has 0 saturated heterocycles. The molecule has 2 rings (SSSR count). The van der Waals surface area contributed by atoms with Gasteiger partial charge in [0.15, 0.2) is 11.2 Å². The maximum absolute atomic E-state index is 13.3. The molecule has 8 heteroatoms. The van der Waals surface area contributed by atoms with Crippen molar-refractivity contribution in [3.8, 4) is 0 Å². The average molecular weight is 414 g/mol. The third kappa shape index (κ3) is 5.29. The van der Waals surface area contributed by atoms with Crippen molar-refractivity contribution in [3.63, 3.8) is 0 Å². The maximum Gasteiger partial charge on any atom is 0.350 e. The Kier molecular flexibility index (Phi) is 7.03. The highest BCUT2D eigenvalue weighted by Gasteiger charge is 2.29. The van der Waals surface area contributed by atoms with Crippen LogP contribution in [0.3, 0.4) is 0 Å². The minimum Gasteiger partial charge on any atom is -0.334 e. The smallest absolute Gasteiger partial charge is 0.334 e. The summed E-state index contributed by atoms with van der Waals surface area (Å²) in [5.74, 6) is -0.292. The van der Waals surface area contributed by atoms with Crippen molar-refractivity contribution < 1.29 is 18.4 Å². The first-order chi connectivity index (χ1) is 12.6. The van der Waals surface area contributed by atoms with Gasteiger partial charge in [0, 0.05) is 23.0 Å². The van der Waals surface area contributed by atoms with E-state index >= 15 is 0 Å². The van der Waals surface area contributed by atoms with Gasteiger partial charge in [0.2, 0.25) is 0 Å². The van der Waals surface area contributed by atoms with Gasteiger partial charge in [-0.25, -0.2) is 0 Å². The average Bonchev–Trinajstić information content (AvgIpc) is 2.55. The Balaban J connectivity index is 2.68. The molecule has 0 unspecified atom stereocenters. The summed E-state index contributed by atoms with van der Waals surface area (Å²) in [6, 6.07) is 4.81. The Hall–Kier alpha value is -1.46. The van der Waals surface area contributed by atoms with Gasteiger partial charge >= 0.3 is 7.60 Å². The number of hydrogen-bond acceptors (Lipinski definition) is 5. The molecule has 1 heterocycles. The van der Waals surface area contributed by atoms with Crippen molar-refractivity contribution in [2.24, 2.45) is 0 Å². The highest BCUT2D eigenvalue weighted by atomic mass is 35.5. The van der Waals surface area contributed by atoms with Crippen molar-refractivity contribution in [2.75, 3.05) is 0 Å². The quantitative estimate of drug-likeness (QED) is 0.436. The van der Waals surface area contributed by atoms with Gasteiger partial charge < -0.3 is 13.6 Å². The standard InChI is InChI=1S/C19H25ClNO5P/c1-6-18(22)16-10-21(11-27(24,25-12(2)3)26-13(4)5)17-8-7-14(20)9-15(17)19(16)23/h7-10,12-13H,6,11H2,1-5H3. The molecule has 0 aliphatic carbocycles. The lowest BCUT2D eigenvalue weighted by molar-refractivity contribution is 0.0986. The minimum atomic E-state index is -3.53. The summed E-state index contributed by atoms with van der Waals surface area (Å²) in [6.45, 7) is 8.76. The van der Waals surface area contributed by atoms with Crippen LogP contribution in [0.2, 0.25) is 5.02 Å². The van der Waals surface area contributed by atoms with Gasteiger partial charge in [-0.2, -0.15) is 0 Å². The van der Waals surface area contributed by atoms with Crippen molar-refractivity contribution in [2.45, 2.75) is 59.5 Å². The lowest BCUT2D eigenvalue weighted by Gasteiger charge is -2.24. The topological polar surface area (TPSA) is 74.6 Å². The largest absolute Gasteiger partial charge is 0.350 e. The lowest BCUT2D eigenvalue weighted by atomic mass is 10.1. The van der Waals surface area contributed by atoms with Crippen LogP contribution in [0, 0.1) is 0 Å². The predicted molar refractivity (Wildman–Crippen MR) is 108 cm³/mol.